The van der Waals surface area contributed by atoms with Gasteiger partial charge in [-0.2, -0.15) is 0 Å². The van der Waals surface area contributed by atoms with Gasteiger partial charge in [0.25, 0.3) is 5.91 Å². The Morgan fingerprint density at radius 1 is 1.29 bits per heavy atom. The molecule has 5 heteroatoms. The molecule has 2 saturated heterocycles. The number of hydrogen-bond donors (Lipinski definition) is 1. The molecule has 0 atom stereocenters. The minimum absolute atomic E-state index is 0.0602. The number of nitrogens with zero attached hydrogens (tertiary/aromatic N) is 1. The summed E-state index contributed by atoms with van der Waals surface area (Å²) in [6, 6.07) is 8.18. The first kappa shape index (κ1) is 14.8. The van der Waals surface area contributed by atoms with Crippen molar-refractivity contribution in [2.24, 2.45) is 0 Å². The lowest BCUT2D eigenvalue weighted by Crippen LogP contribution is -3.11. The van der Waals surface area contributed by atoms with Crippen LogP contribution in [0.15, 0.2) is 29.2 Å². The smallest absolute Gasteiger partial charge is 0.270 e. The van der Waals surface area contributed by atoms with Crippen LogP contribution in [0.4, 0.5) is 0 Å². The summed E-state index contributed by atoms with van der Waals surface area (Å²) in [5, 5.41) is 0. The zero-order valence-corrected chi connectivity index (χ0v) is 13.7. The Hall–Kier alpha value is -1.17. The van der Waals surface area contributed by atoms with Gasteiger partial charge >= 0.3 is 0 Å². The Morgan fingerprint density at radius 3 is 2.62 bits per heavy atom. The van der Waals surface area contributed by atoms with Gasteiger partial charge in [-0.05, 0) is 18.6 Å². The van der Waals surface area contributed by atoms with E-state index >= 15 is 0 Å². The number of likely N-dealkylation sites (tertiary alicyclic amines) is 1. The molecular formula is C16H19N2OS2+. The second-order valence-electron chi connectivity index (χ2n) is 5.64. The molecule has 0 aromatic heterocycles. The molecule has 0 unspecified atom stereocenters. The van der Waals surface area contributed by atoms with Gasteiger partial charge in [-0.1, -0.05) is 53.8 Å². The van der Waals surface area contributed by atoms with Crippen molar-refractivity contribution >= 4 is 40.3 Å². The van der Waals surface area contributed by atoms with Gasteiger partial charge in [0.1, 0.15) is 0 Å². The predicted octanol–water partition coefficient (Wildman–Crippen LogP) is 1.83. The molecule has 1 N–H and O–H groups in total. The normalized spacial score (nSPS) is 21.8. The number of aryl methyl sites for hydroxylation is 1. The Labute approximate surface area is 135 Å². The number of carbonyl (C=O) groups is 1. The van der Waals surface area contributed by atoms with Crippen LogP contribution in [0, 0.1) is 6.92 Å². The number of quaternary nitrogens is 1. The van der Waals surface area contributed by atoms with E-state index in [1.165, 1.54) is 35.1 Å². The third-order valence-electron chi connectivity index (χ3n) is 3.94. The van der Waals surface area contributed by atoms with Gasteiger partial charge in [0.05, 0.1) is 18.0 Å². The molecule has 3 rings (SSSR count). The number of benzene rings is 1. The molecule has 2 fully saturated rings. The Morgan fingerprint density at radius 2 is 1.95 bits per heavy atom. The number of thiocarbonyl (C=S) groups is 1. The van der Waals surface area contributed by atoms with Crippen molar-refractivity contribution in [3.05, 3.63) is 40.3 Å². The van der Waals surface area contributed by atoms with Crippen LogP contribution >= 0.6 is 24.0 Å². The number of thioether (sulfide) groups is 1. The fourth-order valence-corrected chi connectivity index (χ4v) is 3.96. The Bertz CT molecular complexity index is 589. The summed E-state index contributed by atoms with van der Waals surface area (Å²) in [5.74, 6) is 0.0602. The fourth-order valence-electron chi connectivity index (χ4n) is 2.71. The highest BCUT2D eigenvalue weighted by atomic mass is 32.2. The molecule has 1 amide bonds. The molecule has 1 aromatic carbocycles. The van der Waals surface area contributed by atoms with Crippen molar-refractivity contribution in [3.63, 3.8) is 0 Å². The second-order valence-corrected chi connectivity index (χ2v) is 7.31. The first-order valence-electron chi connectivity index (χ1n) is 7.29. The van der Waals surface area contributed by atoms with E-state index in [4.69, 9.17) is 12.2 Å². The summed E-state index contributed by atoms with van der Waals surface area (Å²) in [7, 11) is 0. The highest BCUT2D eigenvalue weighted by molar-refractivity contribution is 8.26. The number of amides is 1. The lowest BCUT2D eigenvalue weighted by molar-refractivity contribution is -0.894. The van der Waals surface area contributed by atoms with Gasteiger partial charge in [-0.3, -0.25) is 4.79 Å². The van der Waals surface area contributed by atoms with Crippen molar-refractivity contribution in [3.8, 4) is 0 Å². The van der Waals surface area contributed by atoms with Crippen LogP contribution in [-0.4, -0.2) is 34.9 Å². The van der Waals surface area contributed by atoms with Crippen LogP contribution in [0.5, 0.6) is 0 Å². The van der Waals surface area contributed by atoms with Crippen molar-refractivity contribution in [1.82, 2.24) is 4.90 Å². The van der Waals surface area contributed by atoms with Crippen molar-refractivity contribution in [2.75, 3.05) is 19.8 Å². The minimum atomic E-state index is 0.0602. The zero-order valence-electron chi connectivity index (χ0n) is 12.1. The quantitative estimate of drug-likeness (QED) is 0.680. The molecule has 2 heterocycles. The van der Waals surface area contributed by atoms with E-state index in [0.29, 0.717) is 4.32 Å². The lowest BCUT2D eigenvalue weighted by Gasteiger charge is -2.19. The summed E-state index contributed by atoms with van der Waals surface area (Å²) in [5.41, 5.74) is 2.27. The summed E-state index contributed by atoms with van der Waals surface area (Å²) in [6.07, 6.45) is 4.45. The Kier molecular flexibility index (Phi) is 4.42. The molecule has 2 aliphatic rings. The standard InChI is InChI=1S/C16H18N2OS2/c1-12-4-6-13(7-5-12)10-14-15(19)18(16(20)21-14)11-17-8-2-3-9-17/h4-7,10H,2-3,8-9,11H2,1H3/p+1/b14-10-. The van der Waals surface area contributed by atoms with E-state index in [9.17, 15) is 4.79 Å². The van der Waals surface area contributed by atoms with Gasteiger partial charge < -0.3 is 4.90 Å². The lowest BCUT2D eigenvalue weighted by atomic mass is 10.1. The SMILES string of the molecule is Cc1ccc(/C=C2\SC(=S)N(C[NH+]3CCCC3)C2=O)cc1. The maximum Gasteiger partial charge on any atom is 0.270 e. The van der Waals surface area contributed by atoms with Gasteiger partial charge in [-0.15, -0.1) is 0 Å². The molecule has 3 nitrogen and oxygen atoms in total. The van der Waals surface area contributed by atoms with Crippen LogP contribution in [0.25, 0.3) is 6.08 Å². The van der Waals surface area contributed by atoms with Crippen LogP contribution in [-0.2, 0) is 4.79 Å². The molecule has 0 aliphatic carbocycles. The third kappa shape index (κ3) is 3.36. The van der Waals surface area contributed by atoms with Gasteiger partial charge in [0, 0.05) is 12.8 Å². The van der Waals surface area contributed by atoms with E-state index in [2.05, 4.69) is 19.1 Å². The zero-order chi connectivity index (χ0) is 14.8. The van der Waals surface area contributed by atoms with Crippen LogP contribution in [0.3, 0.4) is 0 Å². The van der Waals surface area contributed by atoms with E-state index < -0.39 is 0 Å². The second kappa shape index (κ2) is 6.30. The molecule has 110 valence electrons. The molecule has 0 saturated carbocycles. The van der Waals surface area contributed by atoms with E-state index in [-0.39, 0.29) is 5.91 Å². The molecule has 1 aromatic rings. The first-order chi connectivity index (χ1) is 10.1. The number of carbonyl (C=O) groups excluding carboxylic acids is 1. The van der Waals surface area contributed by atoms with Crippen LogP contribution < -0.4 is 4.90 Å². The average molecular weight is 319 g/mol. The monoisotopic (exact) mass is 319 g/mol. The fraction of sp³-hybridized carbons (Fsp3) is 0.375. The predicted molar refractivity (Wildman–Crippen MR) is 91.0 cm³/mol. The maximum atomic E-state index is 12.5. The topological polar surface area (TPSA) is 24.8 Å². The highest BCUT2D eigenvalue weighted by Gasteiger charge is 2.35. The first-order valence-corrected chi connectivity index (χ1v) is 8.51. The largest absolute Gasteiger partial charge is 0.317 e. The van der Waals surface area contributed by atoms with Crippen molar-refractivity contribution in [2.45, 2.75) is 19.8 Å². The van der Waals surface area contributed by atoms with Crippen molar-refractivity contribution in [1.29, 1.82) is 0 Å². The minimum Gasteiger partial charge on any atom is -0.317 e. The van der Waals surface area contributed by atoms with E-state index in [1.807, 2.05) is 18.2 Å². The number of nitrogens with one attached hydrogen (secondary N) is 1. The Balaban J connectivity index is 1.74. The highest BCUT2D eigenvalue weighted by Crippen LogP contribution is 2.31. The van der Waals surface area contributed by atoms with E-state index in [1.54, 1.807) is 4.90 Å². The molecule has 21 heavy (non-hydrogen) atoms. The van der Waals surface area contributed by atoms with Gasteiger partial charge in [0.15, 0.2) is 11.0 Å². The summed E-state index contributed by atoms with van der Waals surface area (Å²) >= 11 is 6.80. The number of rotatable bonds is 3. The number of hydrogen-bond acceptors (Lipinski definition) is 3. The molecule has 0 spiro atoms. The molecular weight excluding hydrogens is 300 g/mol. The van der Waals surface area contributed by atoms with Crippen molar-refractivity contribution < 1.29 is 9.69 Å². The van der Waals surface area contributed by atoms with Crippen LogP contribution in [0.2, 0.25) is 0 Å². The van der Waals surface area contributed by atoms with E-state index in [0.717, 1.165) is 30.2 Å². The van der Waals surface area contributed by atoms with Crippen LogP contribution in [0.1, 0.15) is 24.0 Å². The maximum absolute atomic E-state index is 12.5. The summed E-state index contributed by atoms with van der Waals surface area (Å²) in [4.78, 5) is 16.5. The van der Waals surface area contributed by atoms with Gasteiger partial charge in [0.2, 0.25) is 0 Å². The summed E-state index contributed by atoms with van der Waals surface area (Å²) in [6.45, 7) is 5.07. The molecule has 2 aliphatic heterocycles. The average Bonchev–Trinajstić information content (AvgIpc) is 3.06. The molecule has 0 bridgehead atoms. The van der Waals surface area contributed by atoms with Gasteiger partial charge in [-0.25, -0.2) is 4.90 Å². The summed E-state index contributed by atoms with van der Waals surface area (Å²) < 4.78 is 0.692. The third-order valence-corrected chi connectivity index (χ3v) is 5.32. The molecule has 0 radical (unpaired) electrons.